The van der Waals surface area contributed by atoms with Crippen molar-refractivity contribution < 1.29 is 4.79 Å². The molecule has 6 nitrogen and oxygen atoms in total. The number of nitrogens with zero attached hydrogens (tertiary/aromatic N) is 2. The molecular formula is C22H21N5O. The van der Waals surface area contributed by atoms with Crippen molar-refractivity contribution in [3.05, 3.63) is 72.2 Å². The highest BCUT2D eigenvalue weighted by Gasteiger charge is 2.13. The molecule has 1 atom stereocenters. The first kappa shape index (κ1) is 19.1. The predicted molar refractivity (Wildman–Crippen MR) is 111 cm³/mol. The van der Waals surface area contributed by atoms with Crippen LogP contribution in [0.15, 0.2) is 60.9 Å². The lowest BCUT2D eigenvalue weighted by molar-refractivity contribution is -0.117. The zero-order valence-corrected chi connectivity index (χ0v) is 15.7. The zero-order valence-electron chi connectivity index (χ0n) is 15.7. The van der Waals surface area contributed by atoms with Crippen LogP contribution in [-0.4, -0.2) is 29.0 Å². The standard InChI is InChI=1S/C22H21N5O/c1-15(24-2)22(28)27-21-11-9-19(17-12-18(23)14-25-13-17)20(26-21)10-8-16-6-4-3-5-7-16/h3-7,9,11-15,24H,23H2,1-2H3,(H,26,27,28). The summed E-state index contributed by atoms with van der Waals surface area (Å²) < 4.78 is 0. The summed E-state index contributed by atoms with van der Waals surface area (Å²) in [5, 5.41) is 5.70. The van der Waals surface area contributed by atoms with Gasteiger partial charge >= 0.3 is 0 Å². The van der Waals surface area contributed by atoms with Gasteiger partial charge in [0, 0.05) is 29.1 Å². The van der Waals surface area contributed by atoms with Gasteiger partial charge in [0.25, 0.3) is 0 Å². The van der Waals surface area contributed by atoms with Gasteiger partial charge in [-0.25, -0.2) is 4.98 Å². The van der Waals surface area contributed by atoms with Crippen LogP contribution in [0, 0.1) is 11.8 Å². The number of carbonyl (C=O) groups is 1. The van der Waals surface area contributed by atoms with Gasteiger partial charge in [0.05, 0.1) is 11.7 Å². The number of nitrogen functional groups attached to an aromatic ring is 1. The largest absolute Gasteiger partial charge is 0.397 e. The van der Waals surface area contributed by atoms with Crippen LogP contribution in [0.4, 0.5) is 11.5 Å². The molecule has 1 unspecified atom stereocenters. The maximum absolute atomic E-state index is 12.2. The summed E-state index contributed by atoms with van der Waals surface area (Å²) in [6, 6.07) is 14.7. The summed E-state index contributed by atoms with van der Waals surface area (Å²) in [5.74, 6) is 6.48. The van der Waals surface area contributed by atoms with E-state index in [-0.39, 0.29) is 11.9 Å². The molecule has 4 N–H and O–H groups in total. The number of hydrogen-bond acceptors (Lipinski definition) is 5. The van der Waals surface area contributed by atoms with Crippen molar-refractivity contribution in [2.24, 2.45) is 0 Å². The second-order valence-electron chi connectivity index (χ2n) is 6.22. The van der Waals surface area contributed by atoms with Gasteiger partial charge in [-0.3, -0.25) is 9.78 Å². The molecule has 0 spiro atoms. The summed E-state index contributed by atoms with van der Waals surface area (Å²) in [6.07, 6.45) is 3.29. The van der Waals surface area contributed by atoms with Crippen LogP contribution in [0.2, 0.25) is 0 Å². The van der Waals surface area contributed by atoms with Crippen molar-refractivity contribution in [1.82, 2.24) is 15.3 Å². The van der Waals surface area contributed by atoms with Gasteiger partial charge in [0.15, 0.2) is 0 Å². The van der Waals surface area contributed by atoms with Gasteiger partial charge in [-0.15, -0.1) is 0 Å². The highest BCUT2D eigenvalue weighted by molar-refractivity contribution is 5.94. The third-order valence-electron chi connectivity index (χ3n) is 4.14. The van der Waals surface area contributed by atoms with E-state index in [4.69, 9.17) is 5.73 Å². The Morgan fingerprint density at radius 3 is 2.61 bits per heavy atom. The second kappa shape index (κ2) is 8.80. The number of likely N-dealkylation sites (N-methyl/N-ethyl adjacent to an activating group) is 1. The fraction of sp³-hybridized carbons (Fsp3) is 0.136. The first-order valence-electron chi connectivity index (χ1n) is 8.84. The van der Waals surface area contributed by atoms with Crippen molar-refractivity contribution >= 4 is 17.4 Å². The van der Waals surface area contributed by atoms with Gasteiger partial charge in [-0.2, -0.15) is 0 Å². The molecule has 1 amide bonds. The Labute approximate surface area is 164 Å². The van der Waals surface area contributed by atoms with E-state index >= 15 is 0 Å². The first-order valence-corrected chi connectivity index (χ1v) is 8.84. The Morgan fingerprint density at radius 1 is 1.11 bits per heavy atom. The van der Waals surface area contributed by atoms with E-state index in [1.165, 1.54) is 0 Å². The predicted octanol–water partition coefficient (Wildman–Crippen LogP) is 2.67. The minimum Gasteiger partial charge on any atom is -0.397 e. The van der Waals surface area contributed by atoms with Crippen molar-refractivity contribution in [2.75, 3.05) is 18.1 Å². The third-order valence-corrected chi connectivity index (χ3v) is 4.14. The van der Waals surface area contributed by atoms with Gasteiger partial charge in [0.1, 0.15) is 11.5 Å². The van der Waals surface area contributed by atoms with Crippen LogP contribution < -0.4 is 16.4 Å². The van der Waals surface area contributed by atoms with E-state index in [1.807, 2.05) is 42.5 Å². The van der Waals surface area contributed by atoms with Crippen molar-refractivity contribution in [3.8, 4) is 23.0 Å². The zero-order chi connectivity index (χ0) is 19.9. The molecule has 0 saturated heterocycles. The smallest absolute Gasteiger partial charge is 0.242 e. The van der Waals surface area contributed by atoms with Gasteiger partial charge < -0.3 is 16.4 Å². The molecule has 3 rings (SSSR count). The van der Waals surface area contributed by atoms with Crippen LogP contribution in [0.3, 0.4) is 0 Å². The Bertz CT molecular complexity index is 1040. The molecule has 0 radical (unpaired) electrons. The molecule has 0 aliphatic heterocycles. The average molecular weight is 371 g/mol. The Balaban J connectivity index is 2.02. The number of rotatable bonds is 4. The highest BCUT2D eigenvalue weighted by atomic mass is 16.2. The van der Waals surface area contributed by atoms with E-state index in [2.05, 4.69) is 32.4 Å². The molecule has 0 aliphatic carbocycles. The summed E-state index contributed by atoms with van der Waals surface area (Å²) in [7, 11) is 1.73. The highest BCUT2D eigenvalue weighted by Crippen LogP contribution is 2.24. The van der Waals surface area contributed by atoms with Gasteiger partial charge in [-0.05, 0) is 50.2 Å². The minimum absolute atomic E-state index is 0.171. The molecule has 2 heterocycles. The number of amides is 1. The van der Waals surface area contributed by atoms with Gasteiger partial charge in [-0.1, -0.05) is 24.1 Å². The summed E-state index contributed by atoms with van der Waals surface area (Å²) >= 11 is 0. The number of nitrogens with two attached hydrogens (primary N) is 1. The molecule has 2 aromatic heterocycles. The van der Waals surface area contributed by atoms with E-state index in [0.29, 0.717) is 17.2 Å². The van der Waals surface area contributed by atoms with Crippen LogP contribution in [0.5, 0.6) is 0 Å². The van der Waals surface area contributed by atoms with E-state index in [0.717, 1.165) is 16.7 Å². The number of anilines is 2. The molecular weight excluding hydrogens is 350 g/mol. The molecule has 28 heavy (non-hydrogen) atoms. The minimum atomic E-state index is -0.335. The van der Waals surface area contributed by atoms with Crippen molar-refractivity contribution in [2.45, 2.75) is 13.0 Å². The number of pyridine rings is 2. The Morgan fingerprint density at radius 2 is 1.89 bits per heavy atom. The fourth-order valence-corrected chi connectivity index (χ4v) is 2.48. The molecule has 3 aromatic rings. The summed E-state index contributed by atoms with van der Waals surface area (Å²) in [4.78, 5) is 20.9. The number of benzene rings is 1. The molecule has 0 saturated carbocycles. The normalized spacial score (nSPS) is 11.2. The van der Waals surface area contributed by atoms with Crippen LogP contribution in [0.25, 0.3) is 11.1 Å². The summed E-state index contributed by atoms with van der Waals surface area (Å²) in [5.41, 5.74) is 9.44. The van der Waals surface area contributed by atoms with Crippen molar-refractivity contribution in [3.63, 3.8) is 0 Å². The lowest BCUT2D eigenvalue weighted by Crippen LogP contribution is -2.35. The van der Waals surface area contributed by atoms with Crippen LogP contribution in [0.1, 0.15) is 18.2 Å². The van der Waals surface area contributed by atoms with E-state index in [1.54, 1.807) is 32.4 Å². The molecule has 1 aromatic carbocycles. The molecule has 140 valence electrons. The molecule has 0 fully saturated rings. The average Bonchev–Trinajstić information content (AvgIpc) is 2.72. The van der Waals surface area contributed by atoms with Crippen LogP contribution in [-0.2, 0) is 4.79 Å². The summed E-state index contributed by atoms with van der Waals surface area (Å²) in [6.45, 7) is 1.78. The van der Waals surface area contributed by atoms with Crippen LogP contribution >= 0.6 is 0 Å². The number of carbonyl (C=O) groups excluding carboxylic acids is 1. The molecule has 0 aliphatic rings. The lowest BCUT2D eigenvalue weighted by atomic mass is 10.1. The van der Waals surface area contributed by atoms with Crippen molar-refractivity contribution in [1.29, 1.82) is 0 Å². The monoisotopic (exact) mass is 371 g/mol. The lowest BCUT2D eigenvalue weighted by Gasteiger charge is -2.12. The van der Waals surface area contributed by atoms with E-state index in [9.17, 15) is 4.79 Å². The maximum atomic E-state index is 12.2. The van der Waals surface area contributed by atoms with Gasteiger partial charge in [0.2, 0.25) is 5.91 Å². The fourth-order valence-electron chi connectivity index (χ4n) is 2.48. The Kier molecular flexibility index (Phi) is 6.00. The molecule has 6 heteroatoms. The number of aromatic nitrogens is 2. The quantitative estimate of drug-likeness (QED) is 0.613. The first-order chi connectivity index (χ1) is 13.6. The second-order valence-corrected chi connectivity index (χ2v) is 6.22. The number of nitrogens with one attached hydrogen (secondary N) is 2. The maximum Gasteiger partial charge on any atom is 0.242 e. The third kappa shape index (κ3) is 4.72. The number of hydrogen-bond donors (Lipinski definition) is 3. The Hall–Kier alpha value is -3.69. The molecule has 0 bridgehead atoms. The SMILES string of the molecule is CNC(C)C(=O)Nc1ccc(-c2cncc(N)c2)c(C#Cc2ccccc2)n1. The topological polar surface area (TPSA) is 92.9 Å². The van der Waals surface area contributed by atoms with E-state index < -0.39 is 0 Å².